The fraction of sp³-hybridized carbons (Fsp3) is 0.304. The number of halogens is 3. The van der Waals surface area contributed by atoms with Crippen molar-refractivity contribution in [1.29, 1.82) is 0 Å². The summed E-state index contributed by atoms with van der Waals surface area (Å²) in [7, 11) is 0. The van der Waals surface area contributed by atoms with E-state index in [-0.39, 0.29) is 30.6 Å². The van der Waals surface area contributed by atoms with E-state index in [9.17, 15) is 23.1 Å². The van der Waals surface area contributed by atoms with Gasteiger partial charge in [-0.05, 0) is 42.5 Å². The molecule has 1 aromatic carbocycles. The number of fused-ring (bicyclic) bond motifs is 1. The molecule has 1 N–H and O–H groups in total. The van der Waals surface area contributed by atoms with Crippen molar-refractivity contribution in [2.75, 3.05) is 6.61 Å². The number of aromatic nitrogens is 4. The minimum absolute atomic E-state index is 0.0607. The van der Waals surface area contributed by atoms with Gasteiger partial charge in [-0.3, -0.25) is 0 Å². The van der Waals surface area contributed by atoms with Crippen molar-refractivity contribution in [3.05, 3.63) is 65.3 Å². The Hall–Kier alpha value is -3.69. The van der Waals surface area contributed by atoms with Gasteiger partial charge in [-0.15, -0.1) is 0 Å². The summed E-state index contributed by atoms with van der Waals surface area (Å²) >= 11 is 0. The Balaban J connectivity index is 1.89. The largest absolute Gasteiger partial charge is 0.476 e. The van der Waals surface area contributed by atoms with E-state index in [2.05, 4.69) is 28.0 Å². The number of aromatic carboxylic acids is 1. The van der Waals surface area contributed by atoms with E-state index < -0.39 is 23.5 Å². The molecule has 7 nitrogen and oxygen atoms in total. The lowest BCUT2D eigenvalue weighted by molar-refractivity contribution is -0.137. The minimum atomic E-state index is -4.43. The highest BCUT2D eigenvalue weighted by Crippen LogP contribution is 2.33. The quantitative estimate of drug-likeness (QED) is 0.561. The molecule has 2 aromatic heterocycles. The first-order valence-corrected chi connectivity index (χ1v) is 10.4. The molecule has 0 aliphatic heterocycles. The Labute approximate surface area is 187 Å². The van der Waals surface area contributed by atoms with Crippen molar-refractivity contribution < 1.29 is 27.8 Å². The third-order valence-electron chi connectivity index (χ3n) is 5.23. The van der Waals surface area contributed by atoms with Gasteiger partial charge in [-0.2, -0.15) is 18.2 Å². The van der Waals surface area contributed by atoms with Crippen molar-refractivity contribution in [2.45, 2.75) is 33.0 Å². The van der Waals surface area contributed by atoms with Gasteiger partial charge in [0, 0.05) is 6.54 Å². The second kappa shape index (κ2) is 8.68. The average Bonchev–Trinajstić information content (AvgIpc) is 3.12. The predicted octanol–water partition coefficient (Wildman–Crippen LogP) is 4.97. The number of carboxylic acids is 1. The summed E-state index contributed by atoms with van der Waals surface area (Å²) in [4.78, 5) is 24.2. The molecular weight excluding hydrogens is 437 g/mol. The molecule has 0 amide bonds. The van der Waals surface area contributed by atoms with E-state index in [1.165, 1.54) is 12.1 Å². The van der Waals surface area contributed by atoms with Crippen molar-refractivity contribution in [1.82, 2.24) is 19.5 Å². The first-order chi connectivity index (χ1) is 15.7. The zero-order valence-electron chi connectivity index (χ0n) is 17.9. The number of allylic oxidation sites excluding steroid dienone is 4. The molecule has 1 aliphatic carbocycles. The summed E-state index contributed by atoms with van der Waals surface area (Å²) in [6, 6.07) is 4.87. The van der Waals surface area contributed by atoms with E-state index in [1.54, 1.807) is 11.5 Å². The third-order valence-corrected chi connectivity index (χ3v) is 5.23. The molecule has 0 fully saturated rings. The van der Waals surface area contributed by atoms with Crippen LogP contribution in [0.4, 0.5) is 13.2 Å². The minimum Gasteiger partial charge on any atom is -0.476 e. The van der Waals surface area contributed by atoms with Crippen LogP contribution in [-0.2, 0) is 12.7 Å². The molecule has 0 radical (unpaired) electrons. The molecule has 0 saturated heterocycles. The highest BCUT2D eigenvalue weighted by Gasteiger charge is 2.30. The summed E-state index contributed by atoms with van der Waals surface area (Å²) in [5.41, 5.74) is 1.30. The molecule has 3 aromatic rings. The van der Waals surface area contributed by atoms with Crippen molar-refractivity contribution >= 4 is 22.7 Å². The summed E-state index contributed by atoms with van der Waals surface area (Å²) in [6.07, 6.45) is 2.15. The van der Waals surface area contributed by atoms with Gasteiger partial charge in [0.1, 0.15) is 5.82 Å². The fourth-order valence-electron chi connectivity index (χ4n) is 3.73. The topological polar surface area (TPSA) is 90.1 Å². The molecule has 0 bridgehead atoms. The first kappa shape index (κ1) is 22.5. The Morgan fingerprint density at radius 1 is 1.21 bits per heavy atom. The first-order valence-electron chi connectivity index (χ1n) is 10.4. The number of imidazole rings is 1. The number of hydrogen-bond acceptors (Lipinski definition) is 5. The van der Waals surface area contributed by atoms with Gasteiger partial charge in [0.05, 0.1) is 12.2 Å². The van der Waals surface area contributed by atoms with E-state index in [4.69, 9.17) is 4.74 Å². The number of ether oxygens (including phenoxy) is 1. The van der Waals surface area contributed by atoms with Crippen LogP contribution in [0, 0.1) is 5.92 Å². The Morgan fingerprint density at radius 3 is 2.55 bits per heavy atom. The summed E-state index contributed by atoms with van der Waals surface area (Å²) in [6.45, 7) is 4.20. The van der Waals surface area contributed by atoms with E-state index in [0.717, 1.165) is 17.7 Å². The van der Waals surface area contributed by atoms with Crippen LogP contribution in [0.1, 0.15) is 47.8 Å². The zero-order chi connectivity index (χ0) is 23.8. The molecular formula is C23H21F3N4O3. The lowest BCUT2D eigenvalue weighted by atomic mass is 9.95. The number of benzene rings is 1. The maximum atomic E-state index is 13.0. The number of nitrogens with zero attached hydrogens (tertiary/aromatic N) is 4. The number of alkyl halides is 3. The Kier molecular flexibility index (Phi) is 5.92. The second-order valence-electron chi connectivity index (χ2n) is 7.74. The number of rotatable bonds is 6. The molecule has 10 heteroatoms. The average molecular weight is 458 g/mol. The summed E-state index contributed by atoms with van der Waals surface area (Å²) in [5, 5.41) is 9.40. The van der Waals surface area contributed by atoms with Crippen LogP contribution in [0.2, 0.25) is 0 Å². The zero-order valence-corrected chi connectivity index (χ0v) is 17.9. The second-order valence-corrected chi connectivity index (χ2v) is 7.74. The molecule has 1 aliphatic rings. The predicted molar refractivity (Wildman–Crippen MR) is 115 cm³/mol. The molecule has 0 saturated carbocycles. The number of hydrogen-bond donors (Lipinski definition) is 1. The van der Waals surface area contributed by atoms with Gasteiger partial charge < -0.3 is 14.4 Å². The van der Waals surface area contributed by atoms with Gasteiger partial charge in [0.2, 0.25) is 11.7 Å². The van der Waals surface area contributed by atoms with Crippen LogP contribution < -0.4 is 4.74 Å². The van der Waals surface area contributed by atoms with Crippen LogP contribution in [0.25, 0.3) is 16.7 Å². The lowest BCUT2D eigenvalue weighted by Gasteiger charge is -2.17. The van der Waals surface area contributed by atoms with Crippen molar-refractivity contribution in [3.8, 4) is 5.88 Å². The molecule has 1 atom stereocenters. The highest BCUT2D eigenvalue weighted by molar-refractivity contribution is 5.88. The van der Waals surface area contributed by atoms with Gasteiger partial charge in [0.15, 0.2) is 11.2 Å². The van der Waals surface area contributed by atoms with Crippen molar-refractivity contribution in [3.63, 3.8) is 0 Å². The maximum Gasteiger partial charge on any atom is 0.416 e. The van der Waals surface area contributed by atoms with Crippen LogP contribution >= 0.6 is 0 Å². The SMILES string of the molecule is CCOc1nc(C(=O)O)nc2nc(C3=CC=CC(C)C3)n(Cc3ccc(C(F)(F)F)cc3)c12. The molecule has 33 heavy (non-hydrogen) atoms. The Morgan fingerprint density at radius 2 is 1.94 bits per heavy atom. The monoisotopic (exact) mass is 458 g/mol. The smallest absolute Gasteiger partial charge is 0.416 e. The van der Waals surface area contributed by atoms with Gasteiger partial charge in [-0.1, -0.05) is 37.3 Å². The van der Waals surface area contributed by atoms with E-state index in [0.29, 0.717) is 23.3 Å². The molecule has 1 unspecified atom stereocenters. The van der Waals surface area contributed by atoms with Gasteiger partial charge in [-0.25, -0.2) is 14.8 Å². The molecule has 2 heterocycles. The fourth-order valence-corrected chi connectivity index (χ4v) is 3.73. The van der Waals surface area contributed by atoms with Gasteiger partial charge in [0.25, 0.3) is 0 Å². The van der Waals surface area contributed by atoms with Crippen LogP contribution in [0.15, 0.2) is 42.5 Å². The summed E-state index contributed by atoms with van der Waals surface area (Å²) in [5.74, 6) is -0.895. The van der Waals surface area contributed by atoms with Crippen LogP contribution in [0.5, 0.6) is 5.88 Å². The number of carboxylic acid groups (broad SMARTS) is 1. The molecule has 4 rings (SSSR count). The third kappa shape index (κ3) is 4.59. The normalized spacial score (nSPS) is 16.2. The highest BCUT2D eigenvalue weighted by atomic mass is 19.4. The van der Waals surface area contributed by atoms with Crippen LogP contribution in [0.3, 0.4) is 0 Å². The van der Waals surface area contributed by atoms with E-state index >= 15 is 0 Å². The van der Waals surface area contributed by atoms with Crippen molar-refractivity contribution in [2.24, 2.45) is 5.92 Å². The lowest BCUT2D eigenvalue weighted by Crippen LogP contribution is -2.11. The Bertz CT molecular complexity index is 1260. The number of carbonyl (C=O) groups is 1. The van der Waals surface area contributed by atoms with Gasteiger partial charge >= 0.3 is 12.1 Å². The van der Waals surface area contributed by atoms with Crippen LogP contribution in [-0.4, -0.2) is 37.2 Å². The molecule has 0 spiro atoms. The molecule has 172 valence electrons. The summed E-state index contributed by atoms with van der Waals surface area (Å²) < 4.78 is 46.3. The van der Waals surface area contributed by atoms with E-state index in [1.807, 2.05) is 12.2 Å². The maximum absolute atomic E-state index is 13.0. The standard InChI is InChI=1S/C23H21F3N4O3/c1-3-33-21-17-18(27-19(29-21)22(31)32)28-20(15-6-4-5-13(2)11-15)30(17)12-14-7-9-16(10-8-14)23(24,25)26/h4-10,13H,3,11-12H2,1-2H3,(H,31,32).